The molecule has 1 aromatic rings. The number of carbonyl (C=O) groups excluding carboxylic acids is 2. The quantitative estimate of drug-likeness (QED) is 0.348. The maximum absolute atomic E-state index is 12.6. The number of ether oxygens (including phenoxy) is 2. The average Bonchev–Trinajstić information content (AvgIpc) is 2.54. The van der Waals surface area contributed by atoms with Gasteiger partial charge in [-0.15, -0.1) is 0 Å². The zero-order valence-corrected chi connectivity index (χ0v) is 14.5. The van der Waals surface area contributed by atoms with Gasteiger partial charge in [0.1, 0.15) is 5.75 Å². The van der Waals surface area contributed by atoms with Gasteiger partial charge in [0.25, 0.3) is 5.69 Å². The van der Waals surface area contributed by atoms with Crippen molar-refractivity contribution in [2.45, 2.75) is 45.3 Å². The Morgan fingerprint density at radius 2 is 2.16 bits per heavy atom. The largest absolute Gasteiger partial charge is 0.479 e. The Morgan fingerprint density at radius 1 is 1.44 bits per heavy atom. The Morgan fingerprint density at radius 3 is 2.80 bits per heavy atom. The lowest BCUT2D eigenvalue weighted by molar-refractivity contribution is -0.385. The van der Waals surface area contributed by atoms with Crippen molar-refractivity contribution >= 4 is 17.4 Å². The van der Waals surface area contributed by atoms with E-state index in [1.165, 1.54) is 18.2 Å². The summed E-state index contributed by atoms with van der Waals surface area (Å²) in [5, 5.41) is 14.1. The first-order chi connectivity index (χ1) is 11.8. The Hall–Kier alpha value is -2.48. The Balaban J connectivity index is 2.13. The number of hydrogen-bond donors (Lipinski definition) is 1. The zero-order valence-electron chi connectivity index (χ0n) is 14.5. The minimum absolute atomic E-state index is 0.0926. The molecule has 1 unspecified atom stereocenters. The van der Waals surface area contributed by atoms with E-state index in [1.807, 2.05) is 0 Å². The van der Waals surface area contributed by atoms with E-state index in [1.54, 1.807) is 20.8 Å². The van der Waals surface area contributed by atoms with Crippen molar-refractivity contribution < 1.29 is 24.0 Å². The standard InChI is InChI=1S/C17H22N2O6/c1-4-24-14(20)6-5-9-18-15-12-8-7-11(19(22)23)10-13(12)25-17(2,3)16(15)21/h7-8,10,15,18H,4-6,9H2,1-3H3. The van der Waals surface area contributed by atoms with E-state index < -0.39 is 16.6 Å². The second-order valence-corrected chi connectivity index (χ2v) is 6.25. The number of ketones is 1. The molecule has 0 saturated heterocycles. The molecule has 8 nitrogen and oxygen atoms in total. The fourth-order valence-electron chi connectivity index (χ4n) is 2.69. The fourth-order valence-corrected chi connectivity index (χ4v) is 2.69. The minimum Gasteiger partial charge on any atom is -0.479 e. The smallest absolute Gasteiger partial charge is 0.305 e. The van der Waals surface area contributed by atoms with Gasteiger partial charge in [-0.1, -0.05) is 0 Å². The summed E-state index contributed by atoms with van der Waals surface area (Å²) in [6.07, 6.45) is 0.779. The maximum atomic E-state index is 12.6. The van der Waals surface area contributed by atoms with Crippen LogP contribution in [-0.4, -0.2) is 35.4 Å². The molecule has 1 atom stereocenters. The van der Waals surface area contributed by atoms with Gasteiger partial charge in [-0.05, 0) is 39.8 Å². The van der Waals surface area contributed by atoms with Crippen LogP contribution in [0, 0.1) is 10.1 Å². The third-order valence-electron chi connectivity index (χ3n) is 3.95. The molecule has 0 bridgehead atoms. The minimum atomic E-state index is -1.10. The van der Waals surface area contributed by atoms with Crippen molar-refractivity contribution in [2.24, 2.45) is 0 Å². The lowest BCUT2D eigenvalue weighted by Gasteiger charge is -2.36. The first-order valence-corrected chi connectivity index (χ1v) is 8.17. The van der Waals surface area contributed by atoms with Gasteiger partial charge >= 0.3 is 5.97 Å². The molecule has 1 aromatic carbocycles. The van der Waals surface area contributed by atoms with Gasteiger partial charge in [-0.3, -0.25) is 19.7 Å². The van der Waals surface area contributed by atoms with Crippen molar-refractivity contribution in [3.8, 4) is 5.75 Å². The van der Waals surface area contributed by atoms with Crippen LogP contribution >= 0.6 is 0 Å². The van der Waals surface area contributed by atoms with Crippen LogP contribution in [0.1, 0.15) is 45.2 Å². The van der Waals surface area contributed by atoms with Gasteiger partial charge in [-0.2, -0.15) is 0 Å². The summed E-state index contributed by atoms with van der Waals surface area (Å²) in [5.74, 6) is -0.120. The van der Waals surface area contributed by atoms with Crippen LogP contribution in [0.3, 0.4) is 0 Å². The Bertz CT molecular complexity index is 686. The molecule has 2 rings (SSSR count). The summed E-state index contributed by atoms with van der Waals surface area (Å²) in [5.41, 5.74) is -0.628. The second kappa shape index (κ2) is 7.60. The van der Waals surface area contributed by atoms with Gasteiger partial charge in [0.15, 0.2) is 11.4 Å². The van der Waals surface area contributed by atoms with E-state index in [-0.39, 0.29) is 23.9 Å². The molecule has 25 heavy (non-hydrogen) atoms. The number of rotatable bonds is 7. The van der Waals surface area contributed by atoms with E-state index in [2.05, 4.69) is 5.32 Å². The van der Waals surface area contributed by atoms with Gasteiger partial charge in [0.2, 0.25) is 0 Å². The summed E-state index contributed by atoms with van der Waals surface area (Å²) in [4.78, 5) is 34.4. The summed E-state index contributed by atoms with van der Waals surface area (Å²) >= 11 is 0. The van der Waals surface area contributed by atoms with E-state index in [0.29, 0.717) is 30.9 Å². The molecule has 136 valence electrons. The van der Waals surface area contributed by atoms with Crippen molar-refractivity contribution in [2.75, 3.05) is 13.2 Å². The highest BCUT2D eigenvalue weighted by molar-refractivity contribution is 5.94. The average molecular weight is 350 g/mol. The number of non-ortho nitro benzene ring substituents is 1. The molecule has 1 aliphatic heterocycles. The molecular formula is C17H22N2O6. The van der Waals surface area contributed by atoms with E-state index in [0.717, 1.165) is 0 Å². The van der Waals surface area contributed by atoms with Crippen LogP contribution in [-0.2, 0) is 14.3 Å². The normalized spacial score (nSPS) is 18.2. The van der Waals surface area contributed by atoms with E-state index >= 15 is 0 Å². The Labute approximate surface area is 145 Å². The number of nitrogens with one attached hydrogen (secondary N) is 1. The molecule has 1 aliphatic rings. The highest BCUT2D eigenvalue weighted by Crippen LogP contribution is 2.39. The number of fused-ring (bicyclic) bond motifs is 1. The van der Waals surface area contributed by atoms with Crippen LogP contribution in [0.15, 0.2) is 18.2 Å². The van der Waals surface area contributed by atoms with Crippen LogP contribution in [0.5, 0.6) is 5.75 Å². The van der Waals surface area contributed by atoms with Crippen molar-refractivity contribution in [3.05, 3.63) is 33.9 Å². The van der Waals surface area contributed by atoms with Crippen LogP contribution in [0.2, 0.25) is 0 Å². The SMILES string of the molecule is CCOC(=O)CCCNC1C(=O)C(C)(C)Oc2cc([N+](=O)[O-])ccc21. The van der Waals surface area contributed by atoms with Crippen LogP contribution < -0.4 is 10.1 Å². The number of esters is 1. The number of benzene rings is 1. The molecule has 1 heterocycles. The summed E-state index contributed by atoms with van der Waals surface area (Å²) < 4.78 is 10.5. The number of nitro groups is 1. The molecule has 0 aliphatic carbocycles. The van der Waals surface area contributed by atoms with Crippen LogP contribution in [0.4, 0.5) is 5.69 Å². The monoisotopic (exact) mass is 350 g/mol. The Kier molecular flexibility index (Phi) is 5.73. The molecule has 0 spiro atoms. The van der Waals surface area contributed by atoms with Crippen molar-refractivity contribution in [3.63, 3.8) is 0 Å². The number of Topliss-reactive ketones (excluding diaryl/α,β-unsaturated/α-hetero) is 1. The molecule has 0 saturated carbocycles. The number of nitro benzene ring substituents is 1. The maximum Gasteiger partial charge on any atom is 0.305 e. The number of carbonyl (C=O) groups is 2. The highest BCUT2D eigenvalue weighted by atomic mass is 16.6. The fraction of sp³-hybridized carbons (Fsp3) is 0.529. The zero-order chi connectivity index (χ0) is 18.6. The highest BCUT2D eigenvalue weighted by Gasteiger charge is 2.42. The van der Waals surface area contributed by atoms with Crippen molar-refractivity contribution in [1.29, 1.82) is 0 Å². The third kappa shape index (κ3) is 4.33. The number of nitrogens with zero attached hydrogens (tertiary/aromatic N) is 1. The lowest BCUT2D eigenvalue weighted by atomic mass is 9.88. The predicted molar refractivity (Wildman–Crippen MR) is 89.4 cm³/mol. The predicted octanol–water partition coefficient (Wildman–Crippen LogP) is 2.31. The molecular weight excluding hydrogens is 328 g/mol. The van der Waals surface area contributed by atoms with Gasteiger partial charge in [0.05, 0.1) is 23.6 Å². The molecule has 8 heteroatoms. The van der Waals surface area contributed by atoms with Gasteiger partial charge in [0, 0.05) is 18.1 Å². The summed E-state index contributed by atoms with van der Waals surface area (Å²) in [6.45, 7) is 5.77. The topological polar surface area (TPSA) is 108 Å². The second-order valence-electron chi connectivity index (χ2n) is 6.25. The first kappa shape index (κ1) is 18.9. The first-order valence-electron chi connectivity index (χ1n) is 8.17. The lowest BCUT2D eigenvalue weighted by Crippen LogP contribution is -2.49. The molecule has 0 amide bonds. The third-order valence-corrected chi connectivity index (χ3v) is 3.95. The molecule has 0 fully saturated rings. The summed E-state index contributed by atoms with van der Waals surface area (Å²) in [6, 6.07) is 3.57. The number of hydrogen-bond acceptors (Lipinski definition) is 7. The van der Waals surface area contributed by atoms with E-state index in [4.69, 9.17) is 9.47 Å². The van der Waals surface area contributed by atoms with Crippen LogP contribution in [0.25, 0.3) is 0 Å². The summed E-state index contributed by atoms with van der Waals surface area (Å²) in [7, 11) is 0. The van der Waals surface area contributed by atoms with Crippen molar-refractivity contribution in [1.82, 2.24) is 5.32 Å². The molecule has 0 radical (unpaired) electrons. The molecule has 0 aromatic heterocycles. The van der Waals surface area contributed by atoms with E-state index in [9.17, 15) is 19.7 Å². The van der Waals surface area contributed by atoms with Gasteiger partial charge in [-0.25, -0.2) is 0 Å². The molecule has 1 N–H and O–H groups in total. The van der Waals surface area contributed by atoms with Gasteiger partial charge < -0.3 is 14.8 Å².